The number of benzene rings is 2. The number of anilines is 1. The highest BCUT2D eigenvalue weighted by atomic mass is 19.1. The summed E-state index contributed by atoms with van der Waals surface area (Å²) in [6.45, 7) is 5.82. The Bertz CT molecular complexity index is 1410. The number of fused-ring (bicyclic) bond motifs is 1. The highest BCUT2D eigenvalue weighted by Gasteiger charge is 2.19. The van der Waals surface area contributed by atoms with Crippen molar-refractivity contribution in [1.82, 2.24) is 29.4 Å². The molecule has 2 aromatic carbocycles. The van der Waals surface area contributed by atoms with E-state index in [4.69, 9.17) is 4.74 Å². The number of aromatic nitrogens is 4. The van der Waals surface area contributed by atoms with Crippen molar-refractivity contribution in [3.63, 3.8) is 0 Å². The van der Waals surface area contributed by atoms with Crippen molar-refractivity contribution in [3.8, 4) is 22.5 Å². The molecule has 0 saturated carbocycles. The van der Waals surface area contributed by atoms with Crippen molar-refractivity contribution in [2.75, 3.05) is 44.7 Å². The molecule has 0 bridgehead atoms. The minimum Gasteiger partial charge on any atom is -0.379 e. The third-order valence-corrected chi connectivity index (χ3v) is 6.83. The summed E-state index contributed by atoms with van der Waals surface area (Å²) in [5, 5.41) is 7.52. The van der Waals surface area contributed by atoms with E-state index in [0.717, 1.165) is 64.3 Å². The molecule has 2 aromatic heterocycles. The smallest absolute Gasteiger partial charge is 0.321 e. The lowest BCUT2D eigenvalue weighted by molar-refractivity contribution is 0.0342. The molecule has 6 rings (SSSR count). The molecule has 4 heterocycles. The number of urea groups is 1. The lowest BCUT2D eigenvalue weighted by Crippen LogP contribution is -2.35. The van der Waals surface area contributed by atoms with Crippen LogP contribution in [0.25, 0.3) is 28.3 Å². The van der Waals surface area contributed by atoms with Gasteiger partial charge in [0.15, 0.2) is 0 Å². The molecule has 4 aromatic rings. The monoisotopic (exact) mass is 501 g/mol. The fourth-order valence-corrected chi connectivity index (χ4v) is 4.77. The maximum absolute atomic E-state index is 14.7. The molecule has 0 unspecified atom stereocenters. The van der Waals surface area contributed by atoms with Gasteiger partial charge in [-0.1, -0.05) is 24.3 Å². The van der Waals surface area contributed by atoms with Crippen molar-refractivity contribution in [2.45, 2.75) is 19.4 Å². The number of amides is 2. The van der Waals surface area contributed by atoms with E-state index in [1.165, 1.54) is 11.6 Å². The summed E-state index contributed by atoms with van der Waals surface area (Å²) in [4.78, 5) is 25.5. The maximum Gasteiger partial charge on any atom is 0.321 e. The average molecular weight is 502 g/mol. The van der Waals surface area contributed by atoms with Crippen LogP contribution in [0.5, 0.6) is 0 Å². The Labute approximate surface area is 213 Å². The van der Waals surface area contributed by atoms with E-state index < -0.39 is 5.82 Å². The van der Waals surface area contributed by atoms with Crippen LogP contribution >= 0.6 is 0 Å². The van der Waals surface area contributed by atoms with E-state index in [1.807, 2.05) is 12.1 Å². The predicted molar refractivity (Wildman–Crippen MR) is 138 cm³/mol. The van der Waals surface area contributed by atoms with Crippen LogP contribution < -0.4 is 5.32 Å². The van der Waals surface area contributed by atoms with Gasteiger partial charge in [-0.15, -0.1) is 0 Å². The number of imidazole rings is 1. The average Bonchev–Trinajstić information content (AvgIpc) is 3.61. The van der Waals surface area contributed by atoms with Crippen molar-refractivity contribution < 1.29 is 13.9 Å². The van der Waals surface area contributed by atoms with Crippen LogP contribution in [0.2, 0.25) is 0 Å². The zero-order valence-corrected chi connectivity index (χ0v) is 20.4. The normalized spacial score (nSPS) is 16.4. The molecule has 190 valence electrons. The van der Waals surface area contributed by atoms with Crippen molar-refractivity contribution in [1.29, 1.82) is 0 Å². The number of likely N-dealkylation sites (tertiary alicyclic amines) is 1. The van der Waals surface area contributed by atoms with Gasteiger partial charge in [-0.25, -0.2) is 23.7 Å². The second kappa shape index (κ2) is 10.2. The van der Waals surface area contributed by atoms with Crippen LogP contribution in [0.3, 0.4) is 0 Å². The lowest BCUT2D eigenvalue weighted by Gasteiger charge is -2.26. The third-order valence-electron chi connectivity index (χ3n) is 6.83. The fourth-order valence-electron chi connectivity index (χ4n) is 4.77. The standard InChI is InChI=1S/C27H28FN7O2/c28-23-8-7-21(30-27(36)34-9-1-2-10-34)15-22(23)25-18-35-26(31-25)29-16-24(32-35)20-5-3-19(4-6-20)17-33-11-13-37-14-12-33/h3-8,15-16,18H,1-2,9-14,17H2,(H,30,36). The number of carbonyl (C=O) groups excluding carboxylic acids is 1. The zero-order valence-electron chi connectivity index (χ0n) is 20.4. The molecular weight excluding hydrogens is 473 g/mol. The van der Waals surface area contributed by atoms with Gasteiger partial charge in [0.25, 0.3) is 5.78 Å². The van der Waals surface area contributed by atoms with Gasteiger partial charge in [-0.3, -0.25) is 4.90 Å². The van der Waals surface area contributed by atoms with Crippen LogP contribution in [-0.2, 0) is 11.3 Å². The molecule has 2 fully saturated rings. The summed E-state index contributed by atoms with van der Waals surface area (Å²) in [6, 6.07) is 12.6. The number of nitrogens with zero attached hydrogens (tertiary/aromatic N) is 6. The number of ether oxygens (including phenoxy) is 1. The number of rotatable bonds is 5. The van der Waals surface area contributed by atoms with Gasteiger partial charge < -0.3 is 15.0 Å². The molecule has 2 aliphatic rings. The largest absolute Gasteiger partial charge is 0.379 e. The molecule has 2 aliphatic heterocycles. The van der Waals surface area contributed by atoms with E-state index in [-0.39, 0.29) is 11.6 Å². The minimum absolute atomic E-state index is 0.172. The summed E-state index contributed by atoms with van der Waals surface area (Å²) in [6.07, 6.45) is 5.34. The summed E-state index contributed by atoms with van der Waals surface area (Å²) >= 11 is 0. The first kappa shape index (κ1) is 23.5. The van der Waals surface area contributed by atoms with E-state index in [0.29, 0.717) is 22.9 Å². The molecule has 2 saturated heterocycles. The number of hydrogen-bond donors (Lipinski definition) is 1. The molecular formula is C27H28FN7O2. The minimum atomic E-state index is -0.432. The molecule has 0 atom stereocenters. The molecule has 37 heavy (non-hydrogen) atoms. The quantitative estimate of drug-likeness (QED) is 0.444. The van der Waals surface area contributed by atoms with E-state index in [1.54, 1.807) is 33.9 Å². The number of morpholine rings is 1. The van der Waals surface area contributed by atoms with Crippen LogP contribution in [0.4, 0.5) is 14.9 Å². The van der Waals surface area contributed by atoms with Crippen molar-refractivity contribution in [3.05, 3.63) is 66.2 Å². The Morgan fingerprint density at radius 3 is 2.57 bits per heavy atom. The maximum atomic E-state index is 14.7. The summed E-state index contributed by atoms with van der Waals surface area (Å²) < 4.78 is 21.7. The first-order chi connectivity index (χ1) is 18.1. The molecule has 0 spiro atoms. The first-order valence-corrected chi connectivity index (χ1v) is 12.6. The highest BCUT2D eigenvalue weighted by Crippen LogP contribution is 2.26. The second-order valence-corrected chi connectivity index (χ2v) is 9.42. The predicted octanol–water partition coefficient (Wildman–Crippen LogP) is 4.06. The van der Waals surface area contributed by atoms with Gasteiger partial charge in [0.1, 0.15) is 11.5 Å². The van der Waals surface area contributed by atoms with Gasteiger partial charge in [-0.05, 0) is 36.6 Å². The fraction of sp³-hybridized carbons (Fsp3) is 0.333. The number of halogens is 1. The summed E-state index contributed by atoms with van der Waals surface area (Å²) in [5.41, 5.74) is 4.06. The van der Waals surface area contributed by atoms with E-state index in [2.05, 4.69) is 37.4 Å². The Kier molecular flexibility index (Phi) is 6.50. The Balaban J connectivity index is 1.21. The van der Waals surface area contributed by atoms with Crippen LogP contribution in [0.1, 0.15) is 18.4 Å². The zero-order chi connectivity index (χ0) is 25.2. The Morgan fingerprint density at radius 1 is 1.00 bits per heavy atom. The van der Waals surface area contributed by atoms with Crippen LogP contribution in [0, 0.1) is 5.82 Å². The van der Waals surface area contributed by atoms with Gasteiger partial charge in [0, 0.05) is 49.5 Å². The summed E-state index contributed by atoms with van der Waals surface area (Å²) in [5.74, 6) is -0.0627. The van der Waals surface area contributed by atoms with Gasteiger partial charge in [-0.2, -0.15) is 5.10 Å². The van der Waals surface area contributed by atoms with Gasteiger partial charge in [0.2, 0.25) is 0 Å². The summed E-state index contributed by atoms with van der Waals surface area (Å²) in [7, 11) is 0. The van der Waals surface area contributed by atoms with Crippen LogP contribution in [0.15, 0.2) is 54.9 Å². The third kappa shape index (κ3) is 5.16. The number of nitrogens with one attached hydrogen (secondary N) is 1. The molecule has 9 nitrogen and oxygen atoms in total. The topological polar surface area (TPSA) is 87.9 Å². The van der Waals surface area contributed by atoms with Gasteiger partial charge in [0.05, 0.1) is 31.3 Å². The van der Waals surface area contributed by atoms with E-state index in [9.17, 15) is 9.18 Å². The van der Waals surface area contributed by atoms with Crippen LogP contribution in [-0.4, -0.2) is 74.8 Å². The molecule has 1 N–H and O–H groups in total. The molecule has 2 amide bonds. The lowest BCUT2D eigenvalue weighted by atomic mass is 10.1. The first-order valence-electron chi connectivity index (χ1n) is 12.6. The SMILES string of the molecule is O=C(Nc1ccc(F)c(-c2cn3nc(-c4ccc(CN5CCOCC5)cc4)cnc3n2)c1)N1CCCC1. The van der Waals surface area contributed by atoms with Gasteiger partial charge >= 0.3 is 6.03 Å². The number of carbonyl (C=O) groups is 1. The van der Waals surface area contributed by atoms with Crippen molar-refractivity contribution in [2.24, 2.45) is 0 Å². The molecule has 10 heteroatoms. The molecule has 0 radical (unpaired) electrons. The second-order valence-electron chi connectivity index (χ2n) is 9.42. The highest BCUT2D eigenvalue weighted by molar-refractivity contribution is 5.90. The Morgan fingerprint density at radius 2 is 1.78 bits per heavy atom. The van der Waals surface area contributed by atoms with E-state index >= 15 is 0 Å². The van der Waals surface area contributed by atoms with Crippen molar-refractivity contribution >= 4 is 17.5 Å². The molecule has 0 aliphatic carbocycles. The Hall–Kier alpha value is -3.89. The number of hydrogen-bond acceptors (Lipinski definition) is 6.